The van der Waals surface area contributed by atoms with E-state index in [4.69, 9.17) is 5.73 Å². The molecule has 0 bridgehead atoms. The first-order valence-electron chi connectivity index (χ1n) is 8.00. The number of hydrogen-bond acceptors (Lipinski definition) is 5. The third kappa shape index (κ3) is 4.62. The molecule has 3 rings (SSSR count). The number of para-hydroxylation sites is 1. The Morgan fingerprint density at radius 1 is 1.23 bits per heavy atom. The minimum atomic E-state index is -2.36. The molecule has 138 valence electrons. The maximum Gasteiger partial charge on any atom is 0.271 e. The summed E-state index contributed by atoms with van der Waals surface area (Å²) in [6.45, 7) is 3.73. The van der Waals surface area contributed by atoms with E-state index < -0.39 is 16.3 Å². The summed E-state index contributed by atoms with van der Waals surface area (Å²) in [6.07, 6.45) is 3.66. The molecule has 1 aromatic carbocycles. The highest BCUT2D eigenvalue weighted by Gasteiger charge is 2.19. The molecule has 0 aliphatic heterocycles. The third-order valence-electron chi connectivity index (χ3n) is 3.75. The number of benzene rings is 1. The first-order chi connectivity index (χ1) is 12.3. The van der Waals surface area contributed by atoms with Gasteiger partial charge >= 0.3 is 0 Å². The molecule has 0 saturated carbocycles. The number of rotatable bonds is 2. The molecule has 0 spiro atoms. The number of hydrogen-bond donors (Lipinski definition) is 3. The lowest BCUT2D eigenvalue weighted by Crippen LogP contribution is -2.34. The van der Waals surface area contributed by atoms with Gasteiger partial charge in [-0.2, -0.15) is 8.42 Å². The number of aryl methyl sites for hydroxylation is 1. The lowest BCUT2D eigenvalue weighted by atomic mass is 10.0. The van der Waals surface area contributed by atoms with Gasteiger partial charge in [0, 0.05) is 11.8 Å². The second-order valence-corrected chi connectivity index (χ2v) is 6.65. The average molecular weight is 375 g/mol. The highest BCUT2D eigenvalue weighted by Crippen LogP contribution is 2.14. The third-order valence-corrected chi connectivity index (χ3v) is 4.51. The van der Waals surface area contributed by atoms with Gasteiger partial charge in [0.2, 0.25) is 10.3 Å². The SMILES string of the molecule is CCC1=CC(=S(=O)=O)C(N)C(O)=C1.Cc1cc(=O)n(-c2ccccc2)[nH]1. The van der Waals surface area contributed by atoms with E-state index >= 15 is 0 Å². The van der Waals surface area contributed by atoms with Crippen LogP contribution in [0.2, 0.25) is 0 Å². The quantitative estimate of drug-likeness (QED) is 0.690. The Balaban J connectivity index is 0.000000187. The normalized spacial score (nSPS) is 16.3. The average Bonchev–Trinajstić information content (AvgIpc) is 2.96. The Hall–Kier alpha value is -2.84. The van der Waals surface area contributed by atoms with Crippen LogP contribution >= 0.6 is 0 Å². The molecule has 8 heteroatoms. The maximum absolute atomic E-state index is 11.4. The molecule has 1 aliphatic carbocycles. The van der Waals surface area contributed by atoms with E-state index in [0.717, 1.165) is 17.0 Å². The first kappa shape index (κ1) is 19.5. The molecule has 1 atom stereocenters. The summed E-state index contributed by atoms with van der Waals surface area (Å²) in [5.74, 6) is -0.0986. The van der Waals surface area contributed by atoms with E-state index in [1.807, 2.05) is 44.2 Å². The van der Waals surface area contributed by atoms with E-state index in [9.17, 15) is 18.3 Å². The maximum atomic E-state index is 11.4. The molecule has 0 fully saturated rings. The number of aromatic amines is 1. The molecule has 0 radical (unpaired) electrons. The number of allylic oxidation sites excluding steroid dienone is 2. The Morgan fingerprint density at radius 2 is 1.88 bits per heavy atom. The topological polar surface area (TPSA) is 118 Å². The van der Waals surface area contributed by atoms with Crippen LogP contribution in [-0.2, 0) is 10.3 Å². The minimum absolute atomic E-state index is 0.0244. The molecular formula is C18H21N3O4S. The van der Waals surface area contributed by atoms with Crippen LogP contribution in [0.5, 0.6) is 0 Å². The molecule has 1 heterocycles. The zero-order chi connectivity index (χ0) is 19.3. The summed E-state index contributed by atoms with van der Waals surface area (Å²) >= 11 is 0. The van der Waals surface area contributed by atoms with Crippen molar-refractivity contribution < 1.29 is 13.5 Å². The fourth-order valence-corrected chi connectivity index (χ4v) is 2.95. The van der Waals surface area contributed by atoms with Crippen molar-refractivity contribution in [3.05, 3.63) is 75.9 Å². The van der Waals surface area contributed by atoms with Crippen LogP contribution in [0.25, 0.3) is 5.69 Å². The lowest BCUT2D eigenvalue weighted by Gasteiger charge is -2.15. The van der Waals surface area contributed by atoms with E-state index in [0.29, 0.717) is 6.42 Å². The van der Waals surface area contributed by atoms with E-state index in [2.05, 4.69) is 5.10 Å². The Labute approximate surface area is 152 Å². The number of nitrogens with one attached hydrogen (secondary N) is 1. The predicted octanol–water partition coefficient (Wildman–Crippen LogP) is 1.63. The lowest BCUT2D eigenvalue weighted by molar-refractivity contribution is 0.388. The molecule has 4 N–H and O–H groups in total. The van der Waals surface area contributed by atoms with Crippen molar-refractivity contribution in [2.24, 2.45) is 5.73 Å². The number of aromatic nitrogens is 2. The monoisotopic (exact) mass is 375 g/mol. The van der Waals surface area contributed by atoms with E-state index in [1.54, 1.807) is 6.07 Å². The number of nitrogens with two attached hydrogens (primary N) is 1. The number of aliphatic hydroxyl groups excluding tert-OH is 1. The molecule has 1 aromatic heterocycles. The fourth-order valence-electron chi connectivity index (χ4n) is 2.38. The second-order valence-electron chi connectivity index (χ2n) is 5.71. The van der Waals surface area contributed by atoms with Gasteiger partial charge < -0.3 is 10.8 Å². The van der Waals surface area contributed by atoms with Crippen molar-refractivity contribution in [1.29, 1.82) is 0 Å². The molecule has 0 amide bonds. The zero-order valence-electron chi connectivity index (χ0n) is 14.5. The van der Waals surface area contributed by atoms with Crippen molar-refractivity contribution in [3.8, 4) is 5.69 Å². The van der Waals surface area contributed by atoms with Gasteiger partial charge in [0.1, 0.15) is 11.8 Å². The van der Waals surface area contributed by atoms with Gasteiger partial charge in [0.25, 0.3) is 5.56 Å². The van der Waals surface area contributed by atoms with Crippen LogP contribution in [-0.4, -0.2) is 34.2 Å². The van der Waals surface area contributed by atoms with Crippen molar-refractivity contribution in [2.75, 3.05) is 0 Å². The molecular weight excluding hydrogens is 354 g/mol. The molecule has 7 nitrogen and oxygen atoms in total. The standard InChI is InChI=1S/C10H10N2O.C8H11NO3S/c1-8-7-10(13)12(11-8)9-5-3-2-4-6-9;1-2-5-3-6(10)8(9)7(4-5)13(11)12/h2-7,11H,1H3;3-4,8,10H,2,9H2,1H3. The van der Waals surface area contributed by atoms with Crippen molar-refractivity contribution in [3.63, 3.8) is 0 Å². The summed E-state index contributed by atoms with van der Waals surface area (Å²) in [7, 11) is -2.36. The molecule has 0 saturated heterocycles. The van der Waals surface area contributed by atoms with Crippen LogP contribution in [0, 0.1) is 6.92 Å². The van der Waals surface area contributed by atoms with Crippen LogP contribution in [0.4, 0.5) is 0 Å². The van der Waals surface area contributed by atoms with E-state index in [1.165, 1.54) is 16.8 Å². The van der Waals surface area contributed by atoms with Gasteiger partial charge in [0.05, 0.1) is 10.6 Å². The Kier molecular flexibility index (Phi) is 6.37. The van der Waals surface area contributed by atoms with Gasteiger partial charge in [-0.3, -0.25) is 9.89 Å². The molecule has 2 aromatic rings. The molecule has 1 unspecified atom stereocenters. The van der Waals surface area contributed by atoms with Gasteiger partial charge in [-0.1, -0.05) is 25.1 Å². The van der Waals surface area contributed by atoms with Gasteiger partial charge in [-0.05, 0) is 43.2 Å². The van der Waals surface area contributed by atoms with Crippen LogP contribution in [0.1, 0.15) is 19.0 Å². The fraction of sp³-hybridized carbons (Fsp3) is 0.222. The summed E-state index contributed by atoms with van der Waals surface area (Å²) in [4.78, 5) is 11.4. The minimum Gasteiger partial charge on any atom is -0.510 e. The Bertz CT molecular complexity index is 1020. The number of aliphatic hydroxyl groups is 1. The highest BCUT2D eigenvalue weighted by molar-refractivity contribution is 7.73. The van der Waals surface area contributed by atoms with Crippen LogP contribution in [0.15, 0.2) is 64.7 Å². The van der Waals surface area contributed by atoms with Crippen LogP contribution < -0.4 is 11.3 Å². The summed E-state index contributed by atoms with van der Waals surface area (Å²) < 4.78 is 22.9. The van der Waals surface area contributed by atoms with Crippen molar-refractivity contribution in [1.82, 2.24) is 9.78 Å². The predicted molar refractivity (Wildman–Crippen MR) is 102 cm³/mol. The van der Waals surface area contributed by atoms with Crippen molar-refractivity contribution >= 4 is 15.2 Å². The first-order valence-corrected chi connectivity index (χ1v) is 9.08. The molecule has 1 aliphatic rings. The summed E-state index contributed by atoms with van der Waals surface area (Å²) in [6, 6.07) is 10.2. The molecule has 26 heavy (non-hydrogen) atoms. The zero-order valence-corrected chi connectivity index (χ0v) is 15.3. The Morgan fingerprint density at radius 3 is 2.38 bits per heavy atom. The smallest absolute Gasteiger partial charge is 0.271 e. The van der Waals surface area contributed by atoms with E-state index in [-0.39, 0.29) is 16.2 Å². The number of nitrogens with zero attached hydrogens (tertiary/aromatic N) is 1. The summed E-state index contributed by atoms with van der Waals surface area (Å²) in [5.41, 5.74) is 7.92. The highest BCUT2D eigenvalue weighted by atomic mass is 32.2. The van der Waals surface area contributed by atoms with Gasteiger partial charge in [0.15, 0.2) is 0 Å². The largest absolute Gasteiger partial charge is 0.510 e. The summed E-state index contributed by atoms with van der Waals surface area (Å²) in [5, 5.41) is 12.3. The number of H-pyrrole nitrogens is 1. The second kappa shape index (κ2) is 8.50. The van der Waals surface area contributed by atoms with Crippen molar-refractivity contribution in [2.45, 2.75) is 26.3 Å². The van der Waals surface area contributed by atoms with Gasteiger partial charge in [-0.15, -0.1) is 0 Å². The van der Waals surface area contributed by atoms with Gasteiger partial charge in [-0.25, -0.2) is 4.68 Å². The van der Waals surface area contributed by atoms with Crippen LogP contribution in [0.3, 0.4) is 0 Å².